The van der Waals surface area contributed by atoms with E-state index < -0.39 is 24.0 Å². The van der Waals surface area contributed by atoms with Crippen molar-refractivity contribution in [2.24, 2.45) is 0 Å². The first kappa shape index (κ1) is 17.7. The maximum absolute atomic E-state index is 12.0. The molecule has 0 radical (unpaired) electrons. The molecular weight excluding hydrogens is 334 g/mol. The summed E-state index contributed by atoms with van der Waals surface area (Å²) in [6.45, 7) is -0.430. The summed E-state index contributed by atoms with van der Waals surface area (Å²) in [5.74, 6) is -0.882. The molecule has 0 atom stereocenters. The van der Waals surface area contributed by atoms with Crippen LogP contribution in [-0.4, -0.2) is 29.0 Å². The topological polar surface area (TPSA) is 105 Å². The monoisotopic (exact) mass is 353 g/mol. The molecule has 1 N–H and O–H groups in total. The van der Waals surface area contributed by atoms with Crippen molar-refractivity contribution in [2.45, 2.75) is 37.6 Å². The molecule has 0 spiro atoms. The zero-order valence-electron chi connectivity index (χ0n) is 14.2. The number of nitriles is 1. The summed E-state index contributed by atoms with van der Waals surface area (Å²) in [5, 5.41) is 12.0. The van der Waals surface area contributed by atoms with Crippen LogP contribution in [0.2, 0.25) is 0 Å². The lowest BCUT2D eigenvalue weighted by molar-refractivity contribution is -0.144. The first-order chi connectivity index (χ1) is 12.6. The number of aromatic nitrogens is 1. The van der Waals surface area contributed by atoms with E-state index >= 15 is 0 Å². The maximum atomic E-state index is 12.0. The van der Waals surface area contributed by atoms with Gasteiger partial charge in [-0.15, -0.1) is 0 Å². The lowest BCUT2D eigenvalue weighted by Gasteiger charge is -2.31. The predicted molar refractivity (Wildman–Crippen MR) is 93.6 cm³/mol. The van der Waals surface area contributed by atoms with Crippen LogP contribution in [0.3, 0.4) is 0 Å². The number of rotatable bonds is 5. The van der Waals surface area contributed by atoms with E-state index in [0.717, 1.165) is 25.3 Å². The van der Waals surface area contributed by atoms with Gasteiger partial charge in [-0.25, -0.2) is 9.78 Å². The van der Waals surface area contributed by atoms with Crippen LogP contribution in [0.4, 0.5) is 0 Å². The molecule has 1 heterocycles. The number of carbonyl (C=O) groups is 2. The molecule has 0 unspecified atom stereocenters. The van der Waals surface area contributed by atoms with Crippen molar-refractivity contribution in [3.63, 3.8) is 0 Å². The summed E-state index contributed by atoms with van der Waals surface area (Å²) < 4.78 is 10.4. The molecule has 0 bridgehead atoms. The molecule has 1 aromatic carbocycles. The van der Waals surface area contributed by atoms with E-state index in [1.165, 1.54) is 6.08 Å². The number of fused-ring (bicyclic) bond motifs is 1. The highest BCUT2D eigenvalue weighted by Crippen LogP contribution is 2.27. The lowest BCUT2D eigenvalue weighted by Crippen LogP contribution is -2.49. The molecule has 0 aliphatic heterocycles. The van der Waals surface area contributed by atoms with Gasteiger partial charge < -0.3 is 14.5 Å². The molecule has 1 amide bonds. The molecule has 0 saturated heterocycles. The lowest BCUT2D eigenvalue weighted by atomic mass is 9.83. The van der Waals surface area contributed by atoms with E-state index in [-0.39, 0.29) is 5.89 Å². The van der Waals surface area contributed by atoms with Crippen molar-refractivity contribution in [1.29, 1.82) is 5.26 Å². The number of nitrogens with one attached hydrogen (secondary N) is 1. The first-order valence-corrected chi connectivity index (χ1v) is 8.53. The summed E-state index contributed by atoms with van der Waals surface area (Å²) in [5.41, 5.74) is 0.471. The van der Waals surface area contributed by atoms with E-state index in [2.05, 4.69) is 16.4 Å². The Morgan fingerprint density at radius 1 is 1.31 bits per heavy atom. The Bertz CT molecular complexity index is 839. The predicted octanol–water partition coefficient (Wildman–Crippen LogP) is 2.73. The van der Waals surface area contributed by atoms with Gasteiger partial charge in [-0.2, -0.15) is 5.26 Å². The van der Waals surface area contributed by atoms with Gasteiger partial charge in [0.15, 0.2) is 12.2 Å². The Hall–Kier alpha value is -3.14. The van der Waals surface area contributed by atoms with E-state index in [1.54, 1.807) is 12.1 Å². The SMILES string of the molecule is N#CC1(NC(=O)COC(=O)/C=C/c2nc3ccccc3o2)CCCCC1. The number of nitrogens with zero attached hydrogens (tertiary/aromatic N) is 2. The van der Waals surface area contributed by atoms with Crippen molar-refractivity contribution in [2.75, 3.05) is 6.61 Å². The highest BCUT2D eigenvalue weighted by molar-refractivity contribution is 5.89. The molecule has 7 heteroatoms. The largest absolute Gasteiger partial charge is 0.452 e. The van der Waals surface area contributed by atoms with Gasteiger partial charge in [0.1, 0.15) is 11.1 Å². The normalized spacial score (nSPS) is 16.3. The fourth-order valence-electron chi connectivity index (χ4n) is 3.01. The maximum Gasteiger partial charge on any atom is 0.331 e. The third-order valence-corrected chi connectivity index (χ3v) is 4.32. The van der Waals surface area contributed by atoms with Gasteiger partial charge >= 0.3 is 5.97 Å². The molecule has 7 nitrogen and oxygen atoms in total. The fourth-order valence-corrected chi connectivity index (χ4v) is 3.01. The van der Waals surface area contributed by atoms with E-state index in [9.17, 15) is 14.9 Å². The Morgan fingerprint density at radius 3 is 2.81 bits per heavy atom. The van der Waals surface area contributed by atoms with Gasteiger partial charge in [0.2, 0.25) is 5.89 Å². The highest BCUT2D eigenvalue weighted by Gasteiger charge is 2.33. The number of amides is 1. The van der Waals surface area contributed by atoms with Gasteiger partial charge in [-0.3, -0.25) is 4.79 Å². The minimum atomic E-state index is -0.838. The van der Waals surface area contributed by atoms with Gasteiger partial charge in [-0.05, 0) is 25.0 Å². The first-order valence-electron chi connectivity index (χ1n) is 8.53. The summed E-state index contributed by atoms with van der Waals surface area (Å²) in [7, 11) is 0. The molecule has 1 aromatic heterocycles. The second-order valence-corrected chi connectivity index (χ2v) is 6.26. The van der Waals surface area contributed by atoms with Crippen molar-refractivity contribution in [3.05, 3.63) is 36.2 Å². The molecule has 1 aliphatic rings. The van der Waals surface area contributed by atoms with Gasteiger partial charge in [0, 0.05) is 12.2 Å². The van der Waals surface area contributed by atoms with Crippen molar-refractivity contribution in [1.82, 2.24) is 10.3 Å². The number of benzene rings is 1. The average molecular weight is 353 g/mol. The highest BCUT2D eigenvalue weighted by atomic mass is 16.5. The molecule has 3 rings (SSSR count). The number of hydrogen-bond donors (Lipinski definition) is 1. The average Bonchev–Trinajstić information content (AvgIpc) is 3.08. The summed E-state index contributed by atoms with van der Waals surface area (Å²) in [6.07, 6.45) is 6.66. The number of oxazole rings is 1. The molecule has 134 valence electrons. The van der Waals surface area contributed by atoms with Crippen molar-refractivity contribution >= 4 is 29.1 Å². The Balaban J connectivity index is 1.50. The molecule has 2 aromatic rings. The smallest absolute Gasteiger partial charge is 0.331 e. The third kappa shape index (κ3) is 4.28. The van der Waals surface area contributed by atoms with Gasteiger partial charge in [-0.1, -0.05) is 31.4 Å². The third-order valence-electron chi connectivity index (χ3n) is 4.32. The standard InChI is InChI=1S/C19H19N3O4/c20-13-19(10-4-1-5-11-19)22-16(23)12-25-18(24)9-8-17-21-14-6-2-3-7-15(14)26-17/h2-3,6-9H,1,4-5,10-12H2,(H,22,23)/b9-8+. The van der Waals surface area contributed by atoms with Gasteiger partial charge in [0.05, 0.1) is 6.07 Å². The van der Waals surface area contributed by atoms with E-state index in [4.69, 9.17) is 9.15 Å². The molecule has 26 heavy (non-hydrogen) atoms. The van der Waals surface area contributed by atoms with Crippen LogP contribution >= 0.6 is 0 Å². The summed E-state index contributed by atoms with van der Waals surface area (Å²) >= 11 is 0. The number of para-hydroxylation sites is 2. The zero-order chi connectivity index (χ0) is 18.4. The van der Waals surface area contributed by atoms with E-state index in [0.29, 0.717) is 23.9 Å². The Morgan fingerprint density at radius 2 is 2.08 bits per heavy atom. The molecule has 1 aliphatic carbocycles. The van der Waals surface area contributed by atoms with Crippen molar-refractivity contribution in [3.8, 4) is 6.07 Å². The van der Waals surface area contributed by atoms with Crippen LogP contribution in [0, 0.1) is 11.3 Å². The number of hydrogen-bond acceptors (Lipinski definition) is 6. The van der Waals surface area contributed by atoms with Crippen molar-refractivity contribution < 1.29 is 18.7 Å². The second kappa shape index (κ2) is 7.83. The number of carbonyl (C=O) groups excluding carboxylic acids is 2. The van der Waals surface area contributed by atoms with Crippen LogP contribution in [0.5, 0.6) is 0 Å². The zero-order valence-corrected chi connectivity index (χ0v) is 14.2. The van der Waals surface area contributed by atoms with Crippen LogP contribution in [0.25, 0.3) is 17.2 Å². The molecule has 1 saturated carbocycles. The van der Waals surface area contributed by atoms with E-state index in [1.807, 2.05) is 12.1 Å². The summed E-state index contributed by atoms with van der Waals surface area (Å²) in [4.78, 5) is 27.9. The minimum Gasteiger partial charge on any atom is -0.452 e. The quantitative estimate of drug-likeness (QED) is 0.654. The Kier molecular flexibility index (Phi) is 5.32. The molecular formula is C19H19N3O4. The van der Waals surface area contributed by atoms with Crippen LogP contribution in [0.1, 0.15) is 38.0 Å². The van der Waals surface area contributed by atoms with Gasteiger partial charge in [0.25, 0.3) is 5.91 Å². The minimum absolute atomic E-state index is 0.276. The van der Waals surface area contributed by atoms with Crippen LogP contribution < -0.4 is 5.32 Å². The van der Waals surface area contributed by atoms with Crippen LogP contribution in [-0.2, 0) is 14.3 Å². The fraction of sp³-hybridized carbons (Fsp3) is 0.368. The number of ether oxygens (including phenoxy) is 1. The second-order valence-electron chi connectivity index (χ2n) is 6.26. The Labute approximate surface area is 150 Å². The van der Waals surface area contributed by atoms with Crippen LogP contribution in [0.15, 0.2) is 34.8 Å². The molecule has 1 fully saturated rings. The summed E-state index contributed by atoms with van der Waals surface area (Å²) in [6, 6.07) is 9.43. The number of esters is 1.